The third-order valence-electron chi connectivity index (χ3n) is 7.45. The second kappa shape index (κ2) is 8.77. The first kappa shape index (κ1) is 23.5. The number of benzene rings is 2. The Morgan fingerprint density at radius 2 is 1.71 bits per heavy atom. The van der Waals surface area contributed by atoms with Crippen molar-refractivity contribution in [2.24, 2.45) is 5.92 Å². The Kier molecular flexibility index (Phi) is 5.89. The van der Waals surface area contributed by atoms with Gasteiger partial charge in [0.05, 0.1) is 6.10 Å². The summed E-state index contributed by atoms with van der Waals surface area (Å²) in [5, 5.41) is 52.0. The fourth-order valence-electron chi connectivity index (χ4n) is 5.57. The molecule has 0 saturated heterocycles. The van der Waals surface area contributed by atoms with Crippen LogP contribution in [0.2, 0.25) is 0 Å². The zero-order valence-corrected chi connectivity index (χ0v) is 19.5. The van der Waals surface area contributed by atoms with Crippen molar-refractivity contribution in [3.63, 3.8) is 0 Å². The molecule has 2 heterocycles. The van der Waals surface area contributed by atoms with Crippen molar-refractivity contribution in [3.05, 3.63) is 57.4 Å². The summed E-state index contributed by atoms with van der Waals surface area (Å²) in [7, 11) is 0. The van der Waals surface area contributed by atoms with Crippen LogP contribution in [0.25, 0.3) is 11.0 Å². The van der Waals surface area contributed by atoms with Crippen LogP contribution in [0.15, 0.2) is 39.5 Å². The molecular weight excluding hydrogens is 452 g/mol. The molecule has 2 aromatic carbocycles. The van der Waals surface area contributed by atoms with E-state index >= 15 is 0 Å². The standard InChI is InChI=1S/C27H30O8/c1-27(13-14-5-3-2-4-6-14)23(31)10-18-20(35-27)12-21-24(26(18)33)19(30)11-22(34-21)25(32)15-7-16(28)9-17(29)8-15/h7-9,11-12,14,23,25,28-29,31-33H,2-6,10,13H2,1H3/t23-,25-,27-/m1/s1. The molecule has 1 aliphatic carbocycles. The lowest BCUT2D eigenvalue weighted by atomic mass is 9.77. The second-order valence-electron chi connectivity index (χ2n) is 10.1. The van der Waals surface area contributed by atoms with Gasteiger partial charge in [-0.2, -0.15) is 0 Å². The minimum absolute atomic E-state index is 0.0311. The van der Waals surface area contributed by atoms with Gasteiger partial charge in [-0.3, -0.25) is 4.79 Å². The van der Waals surface area contributed by atoms with Gasteiger partial charge in [-0.1, -0.05) is 32.1 Å². The number of hydrogen-bond acceptors (Lipinski definition) is 8. The summed E-state index contributed by atoms with van der Waals surface area (Å²) in [6, 6.07) is 6.20. The van der Waals surface area contributed by atoms with E-state index in [0.717, 1.165) is 25.0 Å². The summed E-state index contributed by atoms with van der Waals surface area (Å²) < 4.78 is 12.1. The summed E-state index contributed by atoms with van der Waals surface area (Å²) in [4.78, 5) is 12.9. The Labute approximate surface area is 202 Å². The highest BCUT2D eigenvalue weighted by atomic mass is 16.5. The zero-order chi connectivity index (χ0) is 24.9. The lowest BCUT2D eigenvalue weighted by Gasteiger charge is -2.42. The van der Waals surface area contributed by atoms with E-state index in [0.29, 0.717) is 23.7 Å². The molecule has 3 aromatic rings. The lowest BCUT2D eigenvalue weighted by molar-refractivity contribution is -0.0711. The minimum atomic E-state index is -1.44. The maximum atomic E-state index is 12.9. The molecule has 1 aliphatic heterocycles. The van der Waals surface area contributed by atoms with Gasteiger partial charge in [0.1, 0.15) is 51.4 Å². The smallest absolute Gasteiger partial charge is 0.196 e. The highest BCUT2D eigenvalue weighted by molar-refractivity contribution is 5.87. The molecule has 5 N–H and O–H groups in total. The number of aliphatic hydroxyl groups excluding tert-OH is 2. The Balaban J connectivity index is 1.54. The molecule has 0 bridgehead atoms. The lowest BCUT2D eigenvalue weighted by Crippen LogP contribution is -2.50. The number of ether oxygens (including phenoxy) is 1. The van der Waals surface area contributed by atoms with Crippen LogP contribution < -0.4 is 10.2 Å². The van der Waals surface area contributed by atoms with Crippen molar-refractivity contribution in [2.45, 2.75) is 69.7 Å². The predicted molar refractivity (Wildman–Crippen MR) is 128 cm³/mol. The van der Waals surface area contributed by atoms with Crippen LogP contribution in [0.1, 0.15) is 68.4 Å². The number of fused-ring (bicyclic) bond motifs is 2. The van der Waals surface area contributed by atoms with E-state index in [1.807, 2.05) is 6.92 Å². The summed E-state index contributed by atoms with van der Waals surface area (Å²) in [6.45, 7) is 1.88. The van der Waals surface area contributed by atoms with Gasteiger partial charge in [0.15, 0.2) is 5.43 Å². The molecule has 5 rings (SSSR count). The van der Waals surface area contributed by atoms with Crippen LogP contribution in [0, 0.1) is 5.92 Å². The first-order chi connectivity index (χ1) is 16.6. The van der Waals surface area contributed by atoms with E-state index in [1.165, 1.54) is 37.5 Å². The van der Waals surface area contributed by atoms with E-state index in [1.54, 1.807) is 0 Å². The highest BCUT2D eigenvalue weighted by Crippen LogP contribution is 2.45. The molecule has 1 saturated carbocycles. The second-order valence-corrected chi connectivity index (χ2v) is 10.1. The SMILES string of the molecule is C[C@]1(CC2CCCCC2)Oc2cc3oc([C@H](O)c4cc(O)cc(O)c4)cc(=O)c3c(O)c2C[C@H]1O. The Bertz CT molecular complexity index is 1300. The van der Waals surface area contributed by atoms with Gasteiger partial charge in [0, 0.05) is 30.2 Å². The van der Waals surface area contributed by atoms with E-state index in [4.69, 9.17) is 9.15 Å². The molecule has 3 atom stereocenters. The summed E-state index contributed by atoms with van der Waals surface area (Å²) >= 11 is 0. The van der Waals surface area contributed by atoms with Gasteiger partial charge in [0.2, 0.25) is 0 Å². The van der Waals surface area contributed by atoms with Gasteiger partial charge >= 0.3 is 0 Å². The molecule has 0 unspecified atom stereocenters. The Morgan fingerprint density at radius 3 is 2.40 bits per heavy atom. The van der Waals surface area contributed by atoms with Gasteiger partial charge in [-0.05, 0) is 37.0 Å². The first-order valence-electron chi connectivity index (χ1n) is 12.1. The van der Waals surface area contributed by atoms with Crippen molar-refractivity contribution < 1.29 is 34.7 Å². The molecule has 0 amide bonds. The molecule has 1 fully saturated rings. The molecule has 0 spiro atoms. The molecular formula is C27H30O8. The molecule has 2 aliphatic rings. The zero-order valence-electron chi connectivity index (χ0n) is 19.5. The van der Waals surface area contributed by atoms with Crippen LogP contribution in [-0.4, -0.2) is 37.2 Å². The van der Waals surface area contributed by atoms with Crippen molar-refractivity contribution in [1.29, 1.82) is 0 Å². The third kappa shape index (κ3) is 4.32. The number of aliphatic hydroxyl groups is 2. The molecule has 8 heteroatoms. The minimum Gasteiger partial charge on any atom is -0.508 e. The largest absolute Gasteiger partial charge is 0.508 e. The van der Waals surface area contributed by atoms with Gasteiger partial charge < -0.3 is 34.7 Å². The maximum Gasteiger partial charge on any atom is 0.196 e. The fourth-order valence-corrected chi connectivity index (χ4v) is 5.57. The van der Waals surface area contributed by atoms with Crippen molar-refractivity contribution in [3.8, 4) is 23.0 Å². The van der Waals surface area contributed by atoms with Gasteiger partial charge in [-0.15, -0.1) is 0 Å². The average Bonchev–Trinajstić information content (AvgIpc) is 2.79. The first-order valence-corrected chi connectivity index (χ1v) is 12.1. The molecule has 186 valence electrons. The topological polar surface area (TPSA) is 141 Å². The summed E-state index contributed by atoms with van der Waals surface area (Å²) in [6.07, 6.45) is 4.33. The Hall–Kier alpha value is -3.23. The Morgan fingerprint density at radius 1 is 1.03 bits per heavy atom. The quantitative estimate of drug-likeness (QED) is 0.376. The summed E-state index contributed by atoms with van der Waals surface area (Å²) in [5.74, 6) is -0.134. The number of hydrogen-bond donors (Lipinski definition) is 5. The van der Waals surface area contributed by atoms with Crippen LogP contribution in [0.3, 0.4) is 0 Å². The molecule has 8 nitrogen and oxygen atoms in total. The van der Waals surface area contributed by atoms with Gasteiger partial charge in [-0.25, -0.2) is 0 Å². The summed E-state index contributed by atoms with van der Waals surface area (Å²) in [5.41, 5.74) is -0.902. The van der Waals surface area contributed by atoms with E-state index in [-0.39, 0.29) is 46.0 Å². The van der Waals surface area contributed by atoms with E-state index in [9.17, 15) is 30.3 Å². The molecule has 1 aromatic heterocycles. The molecule has 35 heavy (non-hydrogen) atoms. The van der Waals surface area contributed by atoms with Gasteiger partial charge in [0.25, 0.3) is 0 Å². The van der Waals surface area contributed by atoms with Crippen LogP contribution in [0.4, 0.5) is 0 Å². The van der Waals surface area contributed by atoms with E-state index < -0.39 is 23.2 Å². The highest BCUT2D eigenvalue weighted by Gasteiger charge is 2.43. The number of phenols is 3. The average molecular weight is 483 g/mol. The molecule has 0 radical (unpaired) electrons. The predicted octanol–water partition coefficient (Wildman–Crippen LogP) is 4.02. The number of phenolic OH excluding ortho intramolecular Hbond substituents is 3. The van der Waals surface area contributed by atoms with Crippen LogP contribution in [-0.2, 0) is 6.42 Å². The van der Waals surface area contributed by atoms with Crippen LogP contribution >= 0.6 is 0 Å². The van der Waals surface area contributed by atoms with Crippen LogP contribution in [0.5, 0.6) is 23.0 Å². The third-order valence-corrected chi connectivity index (χ3v) is 7.45. The van der Waals surface area contributed by atoms with Crippen molar-refractivity contribution in [2.75, 3.05) is 0 Å². The van der Waals surface area contributed by atoms with E-state index in [2.05, 4.69) is 0 Å². The normalized spacial score (nSPS) is 23.6. The number of aromatic hydroxyl groups is 3. The van der Waals surface area contributed by atoms with Crippen molar-refractivity contribution in [1.82, 2.24) is 0 Å². The van der Waals surface area contributed by atoms with Crippen molar-refractivity contribution >= 4 is 11.0 Å². The monoisotopic (exact) mass is 482 g/mol. The maximum absolute atomic E-state index is 12.9. The number of rotatable bonds is 4. The fraction of sp³-hybridized carbons (Fsp3) is 0.444.